The fraction of sp³-hybridized carbons (Fsp3) is 0.278. The second-order valence-electron chi connectivity index (χ2n) is 5.67. The molecule has 4 nitrogen and oxygen atoms in total. The Balaban J connectivity index is 1.91. The maximum Gasteiger partial charge on any atom is 0.279 e. The first kappa shape index (κ1) is 17.5. The second kappa shape index (κ2) is 8.13. The normalized spacial score (nSPS) is 11.8. The number of hydrogen-bond donors (Lipinski definition) is 2. The Hall–Kier alpha value is -1.85. The lowest BCUT2D eigenvalue weighted by Gasteiger charge is -2.15. The van der Waals surface area contributed by atoms with E-state index in [1.165, 1.54) is 0 Å². The Morgan fingerprint density at radius 2 is 2.04 bits per heavy atom. The quantitative estimate of drug-likeness (QED) is 0.811. The molecule has 2 N–H and O–H groups in total. The van der Waals surface area contributed by atoms with Crippen LogP contribution in [0.15, 0.2) is 46.9 Å². The first-order chi connectivity index (χ1) is 11.0. The molecule has 0 bridgehead atoms. The third-order valence-corrected chi connectivity index (χ3v) is 4.06. The van der Waals surface area contributed by atoms with Gasteiger partial charge in [-0.05, 0) is 42.8 Å². The van der Waals surface area contributed by atoms with Gasteiger partial charge in [0.15, 0.2) is 6.54 Å². The van der Waals surface area contributed by atoms with Gasteiger partial charge in [0.25, 0.3) is 5.91 Å². The molecule has 0 aliphatic rings. The first-order valence-electron chi connectivity index (χ1n) is 7.48. The molecule has 0 aliphatic heterocycles. The van der Waals surface area contributed by atoms with Gasteiger partial charge in [-0.15, -0.1) is 0 Å². The van der Waals surface area contributed by atoms with Crippen LogP contribution in [0.5, 0.6) is 5.75 Å². The molecule has 0 fully saturated rings. The zero-order chi connectivity index (χ0) is 16.8. The summed E-state index contributed by atoms with van der Waals surface area (Å²) in [5.41, 5.74) is 3.04. The average molecular weight is 378 g/mol. The molecule has 2 aromatic rings. The van der Waals surface area contributed by atoms with Crippen LogP contribution in [-0.2, 0) is 11.3 Å². The van der Waals surface area contributed by atoms with E-state index in [0.29, 0.717) is 6.54 Å². The van der Waals surface area contributed by atoms with Crippen molar-refractivity contribution in [3.63, 3.8) is 0 Å². The SMILES string of the molecule is COc1cccc(C[NH+](C)CC(=O)Nc2ccc(Br)cc2C)c1. The minimum absolute atomic E-state index is 0.0100. The monoisotopic (exact) mass is 377 g/mol. The Morgan fingerprint density at radius 3 is 2.74 bits per heavy atom. The van der Waals surface area contributed by atoms with Crippen LogP contribution in [0.2, 0.25) is 0 Å². The number of methoxy groups -OCH3 is 1. The summed E-state index contributed by atoms with van der Waals surface area (Å²) in [6.07, 6.45) is 0. The molecule has 1 atom stereocenters. The third kappa shape index (κ3) is 5.37. The highest BCUT2D eigenvalue weighted by Crippen LogP contribution is 2.19. The number of rotatable bonds is 6. The summed E-state index contributed by atoms with van der Waals surface area (Å²) >= 11 is 3.42. The molecule has 1 amide bonds. The molecule has 0 saturated carbocycles. The summed E-state index contributed by atoms with van der Waals surface area (Å²) in [6.45, 7) is 3.16. The zero-order valence-corrected chi connectivity index (χ0v) is 15.2. The number of aryl methyl sites for hydroxylation is 1. The largest absolute Gasteiger partial charge is 0.497 e. The van der Waals surface area contributed by atoms with Crippen LogP contribution in [0.4, 0.5) is 5.69 Å². The van der Waals surface area contributed by atoms with Crippen LogP contribution in [0, 0.1) is 6.92 Å². The fourth-order valence-corrected chi connectivity index (χ4v) is 2.90. The van der Waals surface area contributed by atoms with Crippen molar-refractivity contribution >= 4 is 27.5 Å². The number of nitrogens with one attached hydrogen (secondary N) is 2. The van der Waals surface area contributed by atoms with Gasteiger partial charge in [0, 0.05) is 15.7 Å². The van der Waals surface area contributed by atoms with E-state index in [4.69, 9.17) is 4.74 Å². The van der Waals surface area contributed by atoms with Gasteiger partial charge in [0.2, 0.25) is 0 Å². The Kier molecular flexibility index (Phi) is 6.19. The highest BCUT2D eigenvalue weighted by Gasteiger charge is 2.12. The van der Waals surface area contributed by atoms with Crippen molar-refractivity contribution in [1.29, 1.82) is 0 Å². The summed E-state index contributed by atoms with van der Waals surface area (Å²) in [5, 5.41) is 2.97. The topological polar surface area (TPSA) is 42.8 Å². The molecule has 0 radical (unpaired) electrons. The van der Waals surface area contributed by atoms with Crippen molar-refractivity contribution in [2.75, 3.05) is 26.0 Å². The molecule has 122 valence electrons. The number of likely N-dealkylation sites (N-methyl/N-ethyl adjacent to an activating group) is 1. The highest BCUT2D eigenvalue weighted by molar-refractivity contribution is 9.10. The molecule has 0 saturated heterocycles. The fourth-order valence-electron chi connectivity index (χ4n) is 2.43. The van der Waals surface area contributed by atoms with Gasteiger partial charge in [-0.2, -0.15) is 0 Å². The number of hydrogen-bond acceptors (Lipinski definition) is 2. The minimum Gasteiger partial charge on any atom is -0.497 e. The van der Waals surface area contributed by atoms with Crippen LogP contribution in [0.25, 0.3) is 0 Å². The number of amides is 1. The highest BCUT2D eigenvalue weighted by atomic mass is 79.9. The van der Waals surface area contributed by atoms with E-state index < -0.39 is 0 Å². The van der Waals surface area contributed by atoms with Crippen molar-refractivity contribution in [2.24, 2.45) is 0 Å². The van der Waals surface area contributed by atoms with Gasteiger partial charge in [-0.25, -0.2) is 0 Å². The molecule has 23 heavy (non-hydrogen) atoms. The van der Waals surface area contributed by atoms with E-state index in [1.54, 1.807) is 7.11 Å². The summed E-state index contributed by atoms with van der Waals surface area (Å²) in [5.74, 6) is 0.848. The van der Waals surface area contributed by atoms with E-state index in [2.05, 4.69) is 21.2 Å². The van der Waals surface area contributed by atoms with Crippen molar-refractivity contribution < 1.29 is 14.4 Å². The number of ether oxygens (including phenoxy) is 1. The lowest BCUT2D eigenvalue weighted by Crippen LogP contribution is -3.08. The molecule has 2 rings (SSSR count). The number of carbonyl (C=O) groups is 1. The predicted octanol–water partition coefficient (Wildman–Crippen LogP) is 2.42. The van der Waals surface area contributed by atoms with E-state index in [0.717, 1.165) is 38.5 Å². The number of quaternary nitrogens is 1. The van der Waals surface area contributed by atoms with Crippen molar-refractivity contribution in [3.05, 3.63) is 58.1 Å². The van der Waals surface area contributed by atoms with Crippen molar-refractivity contribution in [2.45, 2.75) is 13.5 Å². The predicted molar refractivity (Wildman–Crippen MR) is 96.0 cm³/mol. The smallest absolute Gasteiger partial charge is 0.279 e. The zero-order valence-electron chi connectivity index (χ0n) is 13.7. The number of anilines is 1. The molecule has 1 unspecified atom stereocenters. The lowest BCUT2D eigenvalue weighted by atomic mass is 10.2. The van der Waals surface area contributed by atoms with Gasteiger partial charge < -0.3 is 15.0 Å². The van der Waals surface area contributed by atoms with Gasteiger partial charge >= 0.3 is 0 Å². The summed E-state index contributed by atoms with van der Waals surface area (Å²) in [6, 6.07) is 13.8. The van der Waals surface area contributed by atoms with Gasteiger partial charge in [-0.3, -0.25) is 4.79 Å². The molecule has 2 aromatic carbocycles. The van der Waals surface area contributed by atoms with Crippen LogP contribution in [0.3, 0.4) is 0 Å². The second-order valence-corrected chi connectivity index (χ2v) is 6.59. The Morgan fingerprint density at radius 1 is 1.26 bits per heavy atom. The average Bonchev–Trinajstić information content (AvgIpc) is 2.50. The van der Waals surface area contributed by atoms with E-state index in [1.807, 2.05) is 56.4 Å². The van der Waals surface area contributed by atoms with Crippen molar-refractivity contribution in [3.8, 4) is 5.75 Å². The maximum atomic E-state index is 12.2. The maximum absolute atomic E-state index is 12.2. The standard InChI is InChI=1S/C18H21BrN2O2/c1-13-9-15(19)7-8-17(13)20-18(22)12-21(2)11-14-5-4-6-16(10-14)23-3/h4-10H,11-12H2,1-3H3,(H,20,22)/p+1. The molecule has 5 heteroatoms. The summed E-state index contributed by atoms with van der Waals surface area (Å²) in [4.78, 5) is 13.3. The summed E-state index contributed by atoms with van der Waals surface area (Å²) < 4.78 is 6.24. The van der Waals surface area contributed by atoms with E-state index >= 15 is 0 Å². The molecule has 0 spiro atoms. The Labute approximate surface area is 145 Å². The number of halogens is 1. The van der Waals surface area contributed by atoms with Crippen molar-refractivity contribution in [1.82, 2.24) is 0 Å². The van der Waals surface area contributed by atoms with Crippen LogP contribution >= 0.6 is 15.9 Å². The van der Waals surface area contributed by atoms with Gasteiger partial charge in [-0.1, -0.05) is 28.1 Å². The van der Waals surface area contributed by atoms with Crippen LogP contribution in [0.1, 0.15) is 11.1 Å². The van der Waals surface area contributed by atoms with E-state index in [9.17, 15) is 4.79 Å². The van der Waals surface area contributed by atoms with Crippen LogP contribution in [-0.4, -0.2) is 26.6 Å². The number of benzene rings is 2. The van der Waals surface area contributed by atoms with Gasteiger partial charge in [0.05, 0.1) is 14.2 Å². The Bertz CT molecular complexity index is 688. The van der Waals surface area contributed by atoms with Gasteiger partial charge in [0.1, 0.15) is 12.3 Å². The first-order valence-corrected chi connectivity index (χ1v) is 8.27. The van der Waals surface area contributed by atoms with Crippen LogP contribution < -0.4 is 15.0 Å². The third-order valence-electron chi connectivity index (χ3n) is 3.56. The molecular weight excluding hydrogens is 356 g/mol. The lowest BCUT2D eigenvalue weighted by molar-refractivity contribution is -0.885. The minimum atomic E-state index is 0.0100. The molecule has 0 aromatic heterocycles. The molecule has 0 aliphatic carbocycles. The van der Waals surface area contributed by atoms with E-state index in [-0.39, 0.29) is 5.91 Å². The molecule has 0 heterocycles. The number of carbonyl (C=O) groups excluding carboxylic acids is 1. The molecular formula is C18H22BrN2O2+. The summed E-state index contributed by atoms with van der Waals surface area (Å²) in [7, 11) is 3.66.